The van der Waals surface area contributed by atoms with Crippen molar-refractivity contribution in [2.45, 2.75) is 0 Å². The van der Waals surface area contributed by atoms with Gasteiger partial charge in [-0.2, -0.15) is 0 Å². The van der Waals surface area contributed by atoms with Gasteiger partial charge in [0.05, 0.1) is 145 Å². The van der Waals surface area contributed by atoms with E-state index < -0.39 is 0 Å². The largest absolute Gasteiger partial charge is 0.378 e. The third-order valence-corrected chi connectivity index (χ3v) is 4.76. The van der Waals surface area contributed by atoms with E-state index in [1.807, 2.05) is 7.05 Å². The lowest BCUT2D eigenvalue weighted by Crippen LogP contribution is -2.17. The summed E-state index contributed by atoms with van der Waals surface area (Å²) in [5.74, 6) is 0. The molecule has 0 saturated heterocycles. The van der Waals surface area contributed by atoms with Crippen molar-refractivity contribution in [2.75, 3.05) is 164 Å². The minimum absolute atomic E-state index is 0.522. The van der Waals surface area contributed by atoms with Gasteiger partial charge in [0.2, 0.25) is 0 Å². The molecular formula is C25H52BrNO11. The van der Waals surface area contributed by atoms with Crippen LogP contribution < -0.4 is 5.32 Å². The fourth-order valence-corrected chi connectivity index (χ4v) is 2.76. The molecule has 0 atom stereocenters. The molecule has 12 nitrogen and oxygen atoms in total. The Bertz CT molecular complexity index is 382. The summed E-state index contributed by atoms with van der Waals surface area (Å²) in [6.07, 6.45) is 0. The number of halogens is 1. The summed E-state index contributed by atoms with van der Waals surface area (Å²) in [5, 5.41) is 3.86. The van der Waals surface area contributed by atoms with Crippen molar-refractivity contribution in [3.8, 4) is 0 Å². The van der Waals surface area contributed by atoms with Gasteiger partial charge in [-0.3, -0.25) is 0 Å². The second kappa shape index (κ2) is 37.0. The maximum absolute atomic E-state index is 5.46. The highest BCUT2D eigenvalue weighted by Gasteiger charge is 1.96. The molecule has 0 saturated carbocycles. The number of nitrogens with one attached hydrogen (secondary N) is 1. The lowest BCUT2D eigenvalue weighted by Gasteiger charge is -2.09. The van der Waals surface area contributed by atoms with Crippen LogP contribution in [0.3, 0.4) is 0 Å². The zero-order chi connectivity index (χ0) is 27.5. The smallest absolute Gasteiger partial charge is 0.0701 e. The normalized spacial score (nSPS) is 11.5. The quantitative estimate of drug-likeness (QED) is 0.0797. The Morgan fingerprint density at radius 3 is 0.684 bits per heavy atom. The van der Waals surface area contributed by atoms with Crippen LogP contribution in [0.15, 0.2) is 0 Å². The van der Waals surface area contributed by atoms with E-state index in [0.29, 0.717) is 145 Å². The standard InChI is InChI=1S/C25H52BrNO11/c1-27-3-5-29-7-9-31-11-13-33-15-17-35-19-21-37-23-25-38-24-22-36-20-18-34-16-14-32-12-10-30-8-6-28-4-2-26/h27H,2-25H2,1H3. The summed E-state index contributed by atoms with van der Waals surface area (Å²) in [7, 11) is 1.90. The monoisotopic (exact) mass is 621 g/mol. The van der Waals surface area contributed by atoms with E-state index in [-0.39, 0.29) is 0 Å². The number of hydrogen-bond donors (Lipinski definition) is 1. The third kappa shape index (κ3) is 36.0. The Morgan fingerprint density at radius 2 is 0.500 bits per heavy atom. The molecular weight excluding hydrogens is 570 g/mol. The van der Waals surface area contributed by atoms with Gasteiger partial charge in [0, 0.05) is 11.9 Å². The van der Waals surface area contributed by atoms with Gasteiger partial charge in [-0.15, -0.1) is 0 Å². The van der Waals surface area contributed by atoms with Gasteiger partial charge in [-0.1, -0.05) is 15.9 Å². The van der Waals surface area contributed by atoms with Gasteiger partial charge < -0.3 is 57.4 Å². The molecule has 1 N–H and O–H groups in total. The van der Waals surface area contributed by atoms with Crippen LogP contribution >= 0.6 is 15.9 Å². The van der Waals surface area contributed by atoms with E-state index >= 15 is 0 Å². The SMILES string of the molecule is CNCCOCCOCCOCCOCCOCCOCCOCCOCCOCCOCCOCCBr. The Morgan fingerprint density at radius 1 is 0.316 bits per heavy atom. The molecule has 38 heavy (non-hydrogen) atoms. The first-order valence-electron chi connectivity index (χ1n) is 13.5. The summed E-state index contributed by atoms with van der Waals surface area (Å²) in [6, 6.07) is 0. The number of rotatable bonds is 35. The number of likely N-dealkylation sites (N-methyl/N-ethyl adjacent to an activating group) is 1. The van der Waals surface area contributed by atoms with E-state index in [9.17, 15) is 0 Å². The molecule has 0 rings (SSSR count). The molecule has 0 unspecified atom stereocenters. The Hall–Kier alpha value is 0.0000000000000000555. The van der Waals surface area contributed by atoms with Gasteiger partial charge in [-0.05, 0) is 7.05 Å². The van der Waals surface area contributed by atoms with E-state index in [0.717, 1.165) is 11.9 Å². The number of hydrogen-bond acceptors (Lipinski definition) is 12. The predicted molar refractivity (Wildman–Crippen MR) is 147 cm³/mol. The van der Waals surface area contributed by atoms with Gasteiger partial charge >= 0.3 is 0 Å². The van der Waals surface area contributed by atoms with Crippen LogP contribution in [0.5, 0.6) is 0 Å². The van der Waals surface area contributed by atoms with Crippen LogP contribution in [0.4, 0.5) is 0 Å². The first-order valence-corrected chi connectivity index (χ1v) is 14.6. The second-order valence-electron chi connectivity index (χ2n) is 7.53. The first kappa shape index (κ1) is 38.0. The lowest BCUT2D eigenvalue weighted by atomic mass is 10.6. The van der Waals surface area contributed by atoms with Crippen molar-refractivity contribution in [1.82, 2.24) is 5.32 Å². The predicted octanol–water partition coefficient (Wildman–Crippen LogP) is 0.783. The summed E-state index contributed by atoms with van der Waals surface area (Å²) in [5.41, 5.74) is 0. The highest BCUT2D eigenvalue weighted by atomic mass is 79.9. The fraction of sp³-hybridized carbons (Fsp3) is 1.00. The van der Waals surface area contributed by atoms with Crippen molar-refractivity contribution in [3.05, 3.63) is 0 Å². The van der Waals surface area contributed by atoms with Crippen molar-refractivity contribution in [2.24, 2.45) is 0 Å². The average molecular weight is 623 g/mol. The number of ether oxygens (including phenoxy) is 11. The molecule has 0 aliphatic carbocycles. The zero-order valence-corrected chi connectivity index (χ0v) is 24.9. The maximum atomic E-state index is 5.46. The first-order chi connectivity index (χ1) is 18.9. The lowest BCUT2D eigenvalue weighted by molar-refractivity contribution is -0.0273. The number of alkyl halides is 1. The van der Waals surface area contributed by atoms with Gasteiger partial charge in [0.1, 0.15) is 0 Å². The molecule has 0 amide bonds. The van der Waals surface area contributed by atoms with Gasteiger partial charge in [0.25, 0.3) is 0 Å². The Balaban J connectivity index is 3.01. The maximum Gasteiger partial charge on any atom is 0.0701 e. The average Bonchev–Trinajstić information content (AvgIpc) is 2.93. The summed E-state index contributed by atoms with van der Waals surface area (Å²) < 4.78 is 59.6. The molecule has 230 valence electrons. The fourth-order valence-electron chi connectivity index (χ4n) is 2.53. The van der Waals surface area contributed by atoms with Crippen molar-refractivity contribution in [1.29, 1.82) is 0 Å². The minimum Gasteiger partial charge on any atom is -0.378 e. The minimum atomic E-state index is 0.522. The highest BCUT2D eigenvalue weighted by molar-refractivity contribution is 9.09. The third-order valence-electron chi connectivity index (χ3n) is 4.44. The molecule has 0 aliphatic heterocycles. The molecule has 0 aromatic heterocycles. The molecule has 0 spiro atoms. The van der Waals surface area contributed by atoms with Crippen LogP contribution in [0, 0.1) is 0 Å². The zero-order valence-electron chi connectivity index (χ0n) is 23.3. The van der Waals surface area contributed by atoms with E-state index in [1.54, 1.807) is 0 Å². The summed E-state index contributed by atoms with van der Waals surface area (Å²) >= 11 is 3.30. The van der Waals surface area contributed by atoms with Crippen LogP contribution in [0.2, 0.25) is 0 Å². The van der Waals surface area contributed by atoms with Crippen molar-refractivity contribution < 1.29 is 52.1 Å². The van der Waals surface area contributed by atoms with Gasteiger partial charge in [-0.25, -0.2) is 0 Å². The van der Waals surface area contributed by atoms with Crippen LogP contribution in [0.1, 0.15) is 0 Å². The highest BCUT2D eigenvalue weighted by Crippen LogP contribution is 1.87. The second-order valence-corrected chi connectivity index (χ2v) is 8.32. The van der Waals surface area contributed by atoms with Gasteiger partial charge in [0.15, 0.2) is 0 Å². The Kier molecular flexibility index (Phi) is 37.0. The molecule has 13 heteroatoms. The topological polar surface area (TPSA) is 114 Å². The molecule has 0 aromatic rings. The molecule has 0 aliphatic rings. The van der Waals surface area contributed by atoms with Crippen LogP contribution in [-0.4, -0.2) is 164 Å². The van der Waals surface area contributed by atoms with Crippen molar-refractivity contribution in [3.63, 3.8) is 0 Å². The molecule has 0 aromatic carbocycles. The summed E-state index contributed by atoms with van der Waals surface area (Å²) in [4.78, 5) is 0. The van der Waals surface area contributed by atoms with E-state index in [2.05, 4.69) is 21.2 Å². The van der Waals surface area contributed by atoms with E-state index in [4.69, 9.17) is 52.1 Å². The Labute approximate surface area is 237 Å². The molecule has 0 fully saturated rings. The molecule has 0 heterocycles. The van der Waals surface area contributed by atoms with Crippen LogP contribution in [0.25, 0.3) is 0 Å². The van der Waals surface area contributed by atoms with Crippen molar-refractivity contribution >= 4 is 15.9 Å². The van der Waals surface area contributed by atoms with Crippen LogP contribution in [-0.2, 0) is 52.1 Å². The van der Waals surface area contributed by atoms with E-state index in [1.165, 1.54) is 0 Å². The summed E-state index contributed by atoms with van der Waals surface area (Å²) in [6.45, 7) is 13.1. The molecule has 0 radical (unpaired) electrons. The molecule has 0 bridgehead atoms.